The van der Waals surface area contributed by atoms with Crippen molar-refractivity contribution in [2.45, 2.75) is 150 Å². The van der Waals surface area contributed by atoms with Crippen LogP contribution in [0.15, 0.2) is 48.5 Å². The van der Waals surface area contributed by atoms with E-state index in [0.717, 1.165) is 68.9 Å². The minimum atomic E-state index is -0.794. The van der Waals surface area contributed by atoms with E-state index in [-0.39, 0.29) is 54.3 Å². The molecule has 2 aromatic carbocycles. The van der Waals surface area contributed by atoms with Gasteiger partial charge in [-0.1, -0.05) is 135 Å². The lowest BCUT2D eigenvalue weighted by atomic mass is 9.89. The van der Waals surface area contributed by atoms with E-state index in [2.05, 4.69) is 55.7 Å². The molecule has 57 heavy (non-hydrogen) atoms. The summed E-state index contributed by atoms with van der Waals surface area (Å²) in [5.74, 6) is -3.27. The Morgan fingerprint density at radius 3 is 1.86 bits per heavy atom. The van der Waals surface area contributed by atoms with Gasteiger partial charge < -0.3 is 10.6 Å². The molecule has 1 aliphatic rings. The zero-order chi connectivity index (χ0) is 41.9. The van der Waals surface area contributed by atoms with E-state index in [1.807, 2.05) is 38.1 Å². The molecule has 1 fully saturated rings. The van der Waals surface area contributed by atoms with Crippen LogP contribution in [-0.2, 0) is 35.2 Å². The van der Waals surface area contributed by atoms with Crippen molar-refractivity contribution >= 4 is 35.1 Å². The molecule has 0 radical (unpaired) electrons. The second-order valence-electron chi connectivity index (χ2n) is 16.5. The Bertz CT molecular complexity index is 1600. The molecule has 0 bridgehead atoms. The van der Waals surface area contributed by atoms with Crippen molar-refractivity contribution in [3.63, 3.8) is 0 Å². The first-order valence-electron chi connectivity index (χ1n) is 21.6. The van der Waals surface area contributed by atoms with Crippen LogP contribution in [0.2, 0.25) is 0 Å². The largest absolute Gasteiger partial charge is 0.346 e. The summed E-state index contributed by atoms with van der Waals surface area (Å²) in [6, 6.07) is 14.5. The van der Waals surface area contributed by atoms with Crippen molar-refractivity contribution in [3.8, 4) is 11.1 Å². The molecular weight excluding hydrogens is 719 g/mol. The number of β-lactam (4-membered cyclic amide) rings is 1. The molecule has 0 aliphatic carbocycles. The summed E-state index contributed by atoms with van der Waals surface area (Å²) in [5, 5.41) is 7.08. The standard InChI is InChI=1S/C47H69N3O7/c1-8-11-14-17-38(29-42(51)37-25-23-36(24-26-37)35-21-19-34(20-22-35)16-13-10-3)46(55)48-40(18-15-12-9-2)43(52)28-33(6)45(54)49-41(27-32(4)5)44(53)30-39-31-50(57-7)47(39)56/h19-26,32-33,38-41H,8-18,27-31H2,1-7H3,(H,48,55)(H,49,54)/t33-,38-,39-,40+,41+/m1/s1. The van der Waals surface area contributed by atoms with Gasteiger partial charge in [0.2, 0.25) is 11.8 Å². The molecule has 2 N–H and O–H groups in total. The molecule has 10 heteroatoms. The lowest BCUT2D eigenvalue weighted by Gasteiger charge is -2.36. The predicted octanol–water partition coefficient (Wildman–Crippen LogP) is 8.64. The van der Waals surface area contributed by atoms with Gasteiger partial charge in [0.15, 0.2) is 17.3 Å². The van der Waals surface area contributed by atoms with Crippen LogP contribution < -0.4 is 10.6 Å². The Labute approximate surface area is 341 Å². The topological polar surface area (TPSA) is 139 Å². The molecule has 10 nitrogen and oxygen atoms in total. The second kappa shape index (κ2) is 24.6. The summed E-state index contributed by atoms with van der Waals surface area (Å²) < 4.78 is 0. The molecule has 3 amide bonds. The number of amides is 3. The molecule has 0 spiro atoms. The minimum Gasteiger partial charge on any atom is -0.346 e. The maximum Gasteiger partial charge on any atom is 0.251 e. The van der Waals surface area contributed by atoms with E-state index in [0.29, 0.717) is 31.4 Å². The molecule has 0 unspecified atom stereocenters. The van der Waals surface area contributed by atoms with Crippen LogP contribution in [0, 0.1) is 23.7 Å². The third kappa shape index (κ3) is 15.3. The van der Waals surface area contributed by atoms with Gasteiger partial charge in [-0.15, -0.1) is 0 Å². The fraction of sp³-hybridized carbons (Fsp3) is 0.617. The molecule has 1 saturated heterocycles. The number of unbranched alkanes of at least 4 members (excludes halogenated alkanes) is 5. The Morgan fingerprint density at radius 2 is 1.30 bits per heavy atom. The summed E-state index contributed by atoms with van der Waals surface area (Å²) in [4.78, 5) is 85.3. The van der Waals surface area contributed by atoms with E-state index in [1.165, 1.54) is 17.7 Å². The fourth-order valence-electron chi connectivity index (χ4n) is 7.36. The maximum absolute atomic E-state index is 13.9. The van der Waals surface area contributed by atoms with E-state index in [1.54, 1.807) is 6.92 Å². The number of hydrogen-bond acceptors (Lipinski definition) is 7. The number of Topliss-reactive ketones (excluding diaryl/α,β-unsaturated/α-hetero) is 3. The van der Waals surface area contributed by atoms with Gasteiger partial charge >= 0.3 is 0 Å². The van der Waals surface area contributed by atoms with E-state index in [4.69, 9.17) is 4.84 Å². The summed E-state index contributed by atoms with van der Waals surface area (Å²) in [7, 11) is 1.41. The lowest BCUT2D eigenvalue weighted by Crippen LogP contribution is -2.54. The van der Waals surface area contributed by atoms with Gasteiger partial charge in [-0.25, -0.2) is 5.06 Å². The molecular formula is C47H69N3O7. The fourth-order valence-corrected chi connectivity index (χ4v) is 7.36. The molecule has 1 heterocycles. The van der Waals surface area contributed by atoms with Crippen LogP contribution in [0.25, 0.3) is 11.1 Å². The molecule has 0 saturated carbocycles. The molecule has 3 rings (SSSR count). The third-order valence-electron chi connectivity index (χ3n) is 11.1. The van der Waals surface area contributed by atoms with Crippen molar-refractivity contribution in [1.82, 2.24) is 15.7 Å². The first-order valence-corrected chi connectivity index (χ1v) is 21.6. The number of aryl methyl sites for hydroxylation is 1. The first-order chi connectivity index (χ1) is 27.3. The van der Waals surface area contributed by atoms with Crippen molar-refractivity contribution < 1.29 is 33.6 Å². The van der Waals surface area contributed by atoms with Crippen LogP contribution in [0.1, 0.15) is 147 Å². The predicted molar refractivity (Wildman–Crippen MR) is 225 cm³/mol. The summed E-state index contributed by atoms with van der Waals surface area (Å²) in [5.41, 5.74) is 3.97. The molecule has 314 valence electrons. The number of ketones is 3. The lowest BCUT2D eigenvalue weighted by molar-refractivity contribution is -0.209. The van der Waals surface area contributed by atoms with Crippen molar-refractivity contribution in [2.24, 2.45) is 23.7 Å². The van der Waals surface area contributed by atoms with Crippen LogP contribution in [0.4, 0.5) is 0 Å². The molecule has 5 atom stereocenters. The second-order valence-corrected chi connectivity index (χ2v) is 16.5. The van der Waals surface area contributed by atoms with Crippen molar-refractivity contribution in [1.29, 1.82) is 0 Å². The number of nitrogens with one attached hydrogen (secondary N) is 2. The zero-order valence-corrected chi connectivity index (χ0v) is 35.7. The van der Waals surface area contributed by atoms with Crippen LogP contribution >= 0.6 is 0 Å². The van der Waals surface area contributed by atoms with E-state index in [9.17, 15) is 28.8 Å². The van der Waals surface area contributed by atoms with Gasteiger partial charge in [0.1, 0.15) is 0 Å². The normalized spacial score (nSPS) is 16.0. The summed E-state index contributed by atoms with van der Waals surface area (Å²) in [6.07, 6.45) is 9.93. The summed E-state index contributed by atoms with van der Waals surface area (Å²) >= 11 is 0. The highest BCUT2D eigenvalue weighted by Gasteiger charge is 2.40. The van der Waals surface area contributed by atoms with Gasteiger partial charge in [0.05, 0.1) is 31.7 Å². The van der Waals surface area contributed by atoms with Crippen molar-refractivity contribution in [3.05, 3.63) is 59.7 Å². The number of hydrogen-bond donors (Lipinski definition) is 2. The number of hydroxylamine groups is 2. The van der Waals surface area contributed by atoms with Crippen LogP contribution in [-0.4, -0.2) is 65.9 Å². The molecule has 2 aromatic rings. The number of nitrogens with zero attached hydrogens (tertiary/aromatic N) is 1. The van der Waals surface area contributed by atoms with Crippen molar-refractivity contribution in [2.75, 3.05) is 13.7 Å². The minimum absolute atomic E-state index is 0.01000. The third-order valence-corrected chi connectivity index (χ3v) is 11.1. The van der Waals surface area contributed by atoms with E-state index >= 15 is 0 Å². The zero-order valence-electron chi connectivity index (χ0n) is 35.7. The average Bonchev–Trinajstić information content (AvgIpc) is 3.20. The van der Waals surface area contributed by atoms with Gasteiger partial charge in [-0.2, -0.15) is 0 Å². The summed E-state index contributed by atoms with van der Waals surface area (Å²) in [6.45, 7) is 12.2. The van der Waals surface area contributed by atoms with Gasteiger partial charge in [0, 0.05) is 36.7 Å². The van der Waals surface area contributed by atoms with Gasteiger partial charge in [0.25, 0.3) is 5.91 Å². The number of carbonyl (C=O) groups is 6. The average molecular weight is 788 g/mol. The van der Waals surface area contributed by atoms with Gasteiger partial charge in [-0.3, -0.25) is 33.6 Å². The number of rotatable bonds is 28. The van der Waals surface area contributed by atoms with Crippen LogP contribution in [0.3, 0.4) is 0 Å². The number of carbonyl (C=O) groups excluding carboxylic acids is 6. The maximum atomic E-state index is 13.9. The smallest absolute Gasteiger partial charge is 0.251 e. The Balaban J connectivity index is 1.67. The van der Waals surface area contributed by atoms with E-state index < -0.39 is 35.7 Å². The Morgan fingerprint density at radius 1 is 0.719 bits per heavy atom. The highest BCUT2D eigenvalue weighted by atomic mass is 16.7. The van der Waals surface area contributed by atoms with Gasteiger partial charge in [-0.05, 0) is 54.7 Å². The van der Waals surface area contributed by atoms with Crippen LogP contribution in [0.5, 0.6) is 0 Å². The SMILES string of the molecule is CCCCC[C@H](CC(=O)c1ccc(-c2ccc(CCCC)cc2)cc1)C(=O)N[C@@H](CCCCC)C(=O)C[C@@H](C)C(=O)N[C@@H](CC(C)C)C(=O)C[C@@H]1CN(OC)C1=O. The monoisotopic (exact) mass is 788 g/mol. The quantitative estimate of drug-likeness (QED) is 0.0500. The first kappa shape index (κ1) is 47.2. The Kier molecular flexibility index (Phi) is 20.3. The molecule has 0 aromatic heterocycles. The molecule has 1 aliphatic heterocycles. The Hall–Kier alpha value is -4.18. The highest BCUT2D eigenvalue weighted by Crippen LogP contribution is 2.25. The highest BCUT2D eigenvalue weighted by molar-refractivity contribution is 6.00. The number of benzene rings is 2.